The zero-order valence-corrected chi connectivity index (χ0v) is 65.8. The van der Waals surface area contributed by atoms with Gasteiger partial charge in [0.15, 0.2) is 0 Å². The molecule has 0 aromatic heterocycles. The van der Waals surface area contributed by atoms with E-state index in [-0.39, 0.29) is 90.9 Å². The molecule has 0 aromatic rings. The zero-order chi connectivity index (χ0) is 67.6. The summed E-state index contributed by atoms with van der Waals surface area (Å²) in [6.45, 7) is 105. The maximum atomic E-state index is 3.56. The predicted molar refractivity (Wildman–Crippen MR) is 451 cm³/mol. The smallest absolute Gasteiger partial charge is 0.0175 e. The minimum atomic E-state index is 0. The molecule has 0 heterocycles. The van der Waals surface area contributed by atoms with E-state index in [1.807, 2.05) is 0 Å². The SMILES string of the molecule is C.C.C.C.C.C.C.C.C.C.CC(C)NC(C)(C)C.CC(C)NC(C)(C)C(C)(C)C.CC(C)NC(C)(C)C(C)C.CC(C)NC(C)C.CC(C)NC(C)C(C)(C)C.CC(C)NC(C)C(C)C.CC(C)NCC(C)(C)C.CCC(C)(C)NC(C)C.CCC(C)NC(C)C. The topological polar surface area (TPSA) is 108 Å². The summed E-state index contributed by atoms with van der Waals surface area (Å²) in [5.41, 5.74) is 2.18. The first kappa shape index (κ1) is 142. The van der Waals surface area contributed by atoms with Gasteiger partial charge in [0, 0.05) is 107 Å². The Morgan fingerprint density at radius 2 is 0.604 bits per heavy atom. The standard InChI is InChI=1S/C10H23N.2C9H21N.3C8H19N.2C7H17N.C6H15N.10CH4/c1-8(2)11-10(6,7)9(3,4)5;1-7(2)10-8(3)9(4,5)6;1-7(2)9(5,6)10-8(3)4;1-7(2)9-6-8(3,4)5;1-6-8(4,5)9-7(2)3;1-6(2)8(5)9-7(3)4;1-6(2)8-7(3,4)5;1-5-7(4)8-6(2)3;1-5(2)7-6(3)4;;;;;;;;;;/h8,11H,1-7H3;2*7-8,10H,1-6H3;2*7,9H,6H2,1-5H3;6-9H,1-5H3;6,8H,1-5H3;6-8H,5H2,1-4H3;5-7H,1-4H3;10*1H4. The van der Waals surface area contributed by atoms with Gasteiger partial charge in [-0.1, -0.05) is 317 Å². The van der Waals surface area contributed by atoms with Crippen molar-refractivity contribution in [2.24, 2.45) is 28.1 Å². The minimum absolute atomic E-state index is 0. The van der Waals surface area contributed by atoms with E-state index in [0.29, 0.717) is 106 Å². The van der Waals surface area contributed by atoms with Gasteiger partial charge in [-0.05, 0) is 124 Å². The van der Waals surface area contributed by atoms with Crippen LogP contribution in [0.3, 0.4) is 0 Å². The highest BCUT2D eigenvalue weighted by atomic mass is 15.0. The molecule has 9 heteroatoms. The lowest BCUT2D eigenvalue weighted by Crippen LogP contribution is -2.52. The van der Waals surface area contributed by atoms with Crippen LogP contribution in [0.15, 0.2) is 0 Å². The van der Waals surface area contributed by atoms with E-state index in [0.717, 1.165) is 12.5 Å². The number of hydrogen-bond donors (Lipinski definition) is 9. The van der Waals surface area contributed by atoms with Crippen LogP contribution in [0.25, 0.3) is 0 Å². The Balaban J connectivity index is -0.0000000373. The average molecular weight is 1320 g/mol. The summed E-state index contributed by atoms with van der Waals surface area (Å²) in [4.78, 5) is 0. The molecule has 0 aliphatic rings. The average Bonchev–Trinajstić information content (AvgIpc) is 3.17. The summed E-state index contributed by atoms with van der Waals surface area (Å²) >= 11 is 0. The van der Waals surface area contributed by atoms with Crippen molar-refractivity contribution in [3.05, 3.63) is 0 Å². The molecule has 584 valence electrons. The highest BCUT2D eigenvalue weighted by Gasteiger charge is 2.32. The predicted octanol–water partition coefficient (Wildman–Crippen LogP) is 25.2. The van der Waals surface area contributed by atoms with Gasteiger partial charge in [-0.3, -0.25) is 0 Å². The van der Waals surface area contributed by atoms with Crippen LogP contribution in [0.1, 0.15) is 413 Å². The third kappa shape index (κ3) is 134. The van der Waals surface area contributed by atoms with Gasteiger partial charge in [-0.2, -0.15) is 0 Å². The summed E-state index contributed by atoms with van der Waals surface area (Å²) in [6, 6.07) is 7.94. The maximum Gasteiger partial charge on any atom is 0.0175 e. The molecule has 0 radical (unpaired) electrons. The fourth-order valence-electron chi connectivity index (χ4n) is 6.93. The van der Waals surface area contributed by atoms with Crippen molar-refractivity contribution < 1.29 is 0 Å². The van der Waals surface area contributed by atoms with Crippen molar-refractivity contribution in [1.82, 2.24) is 47.9 Å². The first-order valence-corrected chi connectivity index (χ1v) is 33.4. The molecule has 0 aliphatic carbocycles. The molecule has 0 fully saturated rings. The van der Waals surface area contributed by atoms with Gasteiger partial charge in [0.05, 0.1) is 0 Å². The van der Waals surface area contributed by atoms with Gasteiger partial charge in [0.1, 0.15) is 0 Å². The highest BCUT2D eigenvalue weighted by Crippen LogP contribution is 2.29. The fraction of sp³-hybridized carbons (Fsp3) is 1.00. The Hall–Kier alpha value is -0.360. The van der Waals surface area contributed by atoms with Crippen LogP contribution in [-0.4, -0.2) is 107 Å². The van der Waals surface area contributed by atoms with Gasteiger partial charge >= 0.3 is 0 Å². The van der Waals surface area contributed by atoms with E-state index in [4.69, 9.17) is 0 Å². The Kier molecular flexibility index (Phi) is 113. The summed E-state index contributed by atoms with van der Waals surface area (Å²) in [5.74, 6) is 1.43. The second kappa shape index (κ2) is 72.4. The Morgan fingerprint density at radius 3 is 0.681 bits per heavy atom. The van der Waals surface area contributed by atoms with E-state index in [9.17, 15) is 0 Å². The second-order valence-corrected chi connectivity index (χ2v) is 33.4. The zero-order valence-electron chi connectivity index (χ0n) is 65.8. The summed E-state index contributed by atoms with van der Waals surface area (Å²) in [5, 5.41) is 30.9. The van der Waals surface area contributed by atoms with Crippen molar-refractivity contribution in [3.63, 3.8) is 0 Å². The monoisotopic (exact) mass is 1320 g/mol. The lowest BCUT2D eigenvalue weighted by molar-refractivity contribution is 0.164. The molecule has 0 aliphatic heterocycles. The van der Waals surface area contributed by atoms with Gasteiger partial charge < -0.3 is 47.9 Å². The van der Waals surface area contributed by atoms with E-state index < -0.39 is 0 Å². The number of hydrogen-bond acceptors (Lipinski definition) is 9. The molecule has 0 bridgehead atoms. The molecule has 0 saturated heterocycles. The molecule has 0 amide bonds. The quantitative estimate of drug-likeness (QED) is 0.0555. The number of rotatable bonds is 21. The molecular weight excluding hydrogens is 1110 g/mol. The van der Waals surface area contributed by atoms with E-state index in [2.05, 4.69) is 373 Å². The third-order valence-electron chi connectivity index (χ3n) is 13.3. The van der Waals surface area contributed by atoms with Crippen LogP contribution in [0.2, 0.25) is 0 Å². The molecule has 0 spiro atoms. The van der Waals surface area contributed by atoms with Gasteiger partial charge in [-0.15, -0.1) is 0 Å². The summed E-state index contributed by atoms with van der Waals surface area (Å²) in [6.07, 6.45) is 2.41. The molecule has 0 rings (SSSR count). The van der Waals surface area contributed by atoms with Crippen LogP contribution in [0, 0.1) is 28.1 Å². The van der Waals surface area contributed by atoms with Crippen LogP contribution < -0.4 is 47.9 Å². The van der Waals surface area contributed by atoms with Crippen LogP contribution >= 0.6 is 0 Å². The van der Waals surface area contributed by atoms with Crippen molar-refractivity contribution in [1.29, 1.82) is 0 Å². The lowest BCUT2D eigenvalue weighted by Gasteiger charge is -2.41. The second-order valence-electron chi connectivity index (χ2n) is 33.4. The van der Waals surface area contributed by atoms with Crippen molar-refractivity contribution in [2.45, 2.75) is 513 Å². The largest absolute Gasteiger partial charge is 0.314 e. The third-order valence-corrected chi connectivity index (χ3v) is 13.3. The first-order chi connectivity index (χ1) is 35.5. The molecule has 9 nitrogen and oxygen atoms in total. The number of nitrogens with one attached hydrogen (secondary N) is 9. The van der Waals surface area contributed by atoms with Crippen molar-refractivity contribution in [2.75, 3.05) is 6.54 Å². The summed E-state index contributed by atoms with van der Waals surface area (Å²) in [7, 11) is 0. The molecular formula is C82H211N9. The fourth-order valence-corrected chi connectivity index (χ4v) is 6.93. The maximum absolute atomic E-state index is 3.56. The van der Waals surface area contributed by atoms with Crippen molar-refractivity contribution >= 4 is 0 Å². The normalized spacial score (nSPS) is 12.2. The van der Waals surface area contributed by atoms with Crippen LogP contribution in [0.4, 0.5) is 0 Å². The minimum Gasteiger partial charge on any atom is -0.314 e. The van der Waals surface area contributed by atoms with E-state index >= 15 is 0 Å². The Labute approximate surface area is 592 Å². The lowest BCUT2D eigenvalue weighted by atomic mass is 9.76. The molecule has 0 aromatic carbocycles. The van der Waals surface area contributed by atoms with E-state index in [1.165, 1.54) is 12.8 Å². The van der Waals surface area contributed by atoms with Crippen molar-refractivity contribution in [3.8, 4) is 0 Å². The molecule has 3 atom stereocenters. The molecule has 91 heavy (non-hydrogen) atoms. The Morgan fingerprint density at radius 1 is 0.308 bits per heavy atom. The highest BCUT2D eigenvalue weighted by molar-refractivity contribution is 4.91. The van der Waals surface area contributed by atoms with E-state index in [1.54, 1.807) is 0 Å². The molecule has 9 N–H and O–H groups in total. The van der Waals surface area contributed by atoms with Crippen LogP contribution in [0.5, 0.6) is 0 Å². The van der Waals surface area contributed by atoms with Gasteiger partial charge in [0.25, 0.3) is 0 Å². The summed E-state index contributed by atoms with van der Waals surface area (Å²) < 4.78 is 0. The Bertz CT molecular complexity index is 1270. The molecule has 3 unspecified atom stereocenters. The van der Waals surface area contributed by atoms with Crippen LogP contribution in [-0.2, 0) is 0 Å². The first-order valence-electron chi connectivity index (χ1n) is 33.4. The van der Waals surface area contributed by atoms with Gasteiger partial charge in [0.2, 0.25) is 0 Å². The van der Waals surface area contributed by atoms with Gasteiger partial charge in [-0.25, -0.2) is 0 Å². The molecule has 0 saturated carbocycles.